The molecule has 5 heteroatoms. The number of aliphatic hydroxyl groups excluding tert-OH is 1. The Balaban J connectivity index is 0. The van der Waals surface area contributed by atoms with Gasteiger partial charge in [-0.05, 0) is 6.42 Å². The summed E-state index contributed by atoms with van der Waals surface area (Å²) in [4.78, 5) is 16.3. The molecule has 0 bridgehead atoms. The summed E-state index contributed by atoms with van der Waals surface area (Å²) < 4.78 is 9.97. The number of hydrogen-bond acceptors (Lipinski definition) is 2. The van der Waals surface area contributed by atoms with Crippen LogP contribution in [-0.4, -0.2) is 27.7 Å². The molecule has 0 rings (SSSR count). The van der Waals surface area contributed by atoms with Gasteiger partial charge < -0.3 is 14.9 Å². The van der Waals surface area contributed by atoms with Crippen molar-refractivity contribution in [2.24, 2.45) is 0 Å². The highest BCUT2D eigenvalue weighted by atomic mass is 31.2. The minimum absolute atomic E-state index is 0.162. The van der Waals surface area contributed by atoms with Crippen LogP contribution in [0.3, 0.4) is 0 Å². The molecule has 0 unspecified atom stereocenters. The van der Waals surface area contributed by atoms with Crippen LogP contribution in [0.25, 0.3) is 0 Å². The SMILES string of the molecule is O=P(O)(O)CCCO.[CH2]CC. The van der Waals surface area contributed by atoms with Crippen LogP contribution in [0.2, 0.25) is 0 Å². The third-order valence-corrected chi connectivity index (χ3v) is 1.51. The molecule has 11 heavy (non-hydrogen) atoms. The first-order valence-electron chi connectivity index (χ1n) is 3.42. The smallest absolute Gasteiger partial charge is 0.325 e. The van der Waals surface area contributed by atoms with Gasteiger partial charge in [-0.3, -0.25) is 4.57 Å². The quantitative estimate of drug-likeness (QED) is 0.565. The van der Waals surface area contributed by atoms with Gasteiger partial charge in [-0.1, -0.05) is 20.3 Å². The van der Waals surface area contributed by atoms with Crippen molar-refractivity contribution in [3.63, 3.8) is 0 Å². The van der Waals surface area contributed by atoms with E-state index in [-0.39, 0.29) is 19.2 Å². The molecule has 0 atom stereocenters. The molecule has 0 aromatic heterocycles. The standard InChI is InChI=1S/C3H9O4P.C3H7/c4-2-1-3-8(5,6)7;1-3-2/h4H,1-3H2,(H2,5,6,7);1,3H2,2H3. The van der Waals surface area contributed by atoms with Gasteiger partial charge in [-0.2, -0.15) is 0 Å². The molecule has 1 radical (unpaired) electrons. The molecule has 0 aromatic rings. The van der Waals surface area contributed by atoms with Gasteiger partial charge in [0.05, 0.1) is 6.16 Å². The van der Waals surface area contributed by atoms with Gasteiger partial charge in [0.1, 0.15) is 0 Å². The molecule has 3 N–H and O–H groups in total. The molecule has 0 aliphatic carbocycles. The number of rotatable bonds is 3. The second-order valence-corrected chi connectivity index (χ2v) is 3.74. The summed E-state index contributed by atoms with van der Waals surface area (Å²) in [6, 6.07) is 0. The lowest BCUT2D eigenvalue weighted by Gasteiger charge is -1.98. The van der Waals surface area contributed by atoms with Gasteiger partial charge in [0.25, 0.3) is 0 Å². The Labute approximate surface area is 67.4 Å². The largest absolute Gasteiger partial charge is 0.396 e. The summed E-state index contributed by atoms with van der Waals surface area (Å²) in [6.07, 6.45) is 0.952. The molecule has 0 aromatic carbocycles. The van der Waals surface area contributed by atoms with Crippen molar-refractivity contribution in [3.8, 4) is 0 Å². The lowest BCUT2D eigenvalue weighted by molar-refractivity contribution is 0.289. The summed E-state index contributed by atoms with van der Waals surface area (Å²) in [5.74, 6) is 0. The normalized spacial score (nSPS) is 10.3. The zero-order valence-corrected chi connectivity index (χ0v) is 7.63. The fourth-order valence-corrected chi connectivity index (χ4v) is 0.830. The highest BCUT2D eigenvalue weighted by Gasteiger charge is 2.10. The molecule has 0 aliphatic rings. The van der Waals surface area contributed by atoms with E-state index in [9.17, 15) is 4.57 Å². The molecule has 0 fully saturated rings. The third-order valence-electron chi connectivity index (χ3n) is 0.608. The molecule has 0 spiro atoms. The second-order valence-electron chi connectivity index (χ2n) is 1.97. The average molecular weight is 183 g/mol. The Bertz CT molecular complexity index is 109. The molecule has 0 aliphatic heterocycles. The highest BCUT2D eigenvalue weighted by Crippen LogP contribution is 2.34. The van der Waals surface area contributed by atoms with Crippen LogP contribution < -0.4 is 0 Å². The fraction of sp³-hybridized carbons (Fsp3) is 0.833. The van der Waals surface area contributed by atoms with Crippen molar-refractivity contribution in [2.75, 3.05) is 12.8 Å². The molecule has 69 valence electrons. The van der Waals surface area contributed by atoms with Gasteiger partial charge in [-0.15, -0.1) is 0 Å². The molecule has 0 amide bonds. The van der Waals surface area contributed by atoms with Crippen LogP contribution in [0.1, 0.15) is 19.8 Å². The monoisotopic (exact) mass is 183 g/mol. The number of aliphatic hydroxyl groups is 1. The Hall–Kier alpha value is 0.110. The maximum absolute atomic E-state index is 9.97. The van der Waals surface area contributed by atoms with Gasteiger partial charge in [0.2, 0.25) is 0 Å². The minimum atomic E-state index is -3.84. The zero-order chi connectivity index (χ0) is 9.33. The maximum atomic E-state index is 9.97. The molecular formula is C6H16O4P. The number of hydrogen-bond donors (Lipinski definition) is 3. The topological polar surface area (TPSA) is 77.8 Å². The van der Waals surface area contributed by atoms with Gasteiger partial charge in [0, 0.05) is 6.61 Å². The van der Waals surface area contributed by atoms with E-state index in [4.69, 9.17) is 14.9 Å². The van der Waals surface area contributed by atoms with Crippen LogP contribution in [0.4, 0.5) is 0 Å². The lowest BCUT2D eigenvalue weighted by atomic mass is 10.5. The summed E-state index contributed by atoms with van der Waals surface area (Å²) in [6.45, 7) is 5.34. The summed E-state index contributed by atoms with van der Waals surface area (Å²) in [7, 11) is -3.84. The second kappa shape index (κ2) is 8.21. The van der Waals surface area contributed by atoms with Crippen molar-refractivity contribution in [1.82, 2.24) is 0 Å². The van der Waals surface area contributed by atoms with E-state index >= 15 is 0 Å². The first-order valence-corrected chi connectivity index (χ1v) is 5.22. The fourth-order valence-electron chi connectivity index (χ4n) is 0.277. The third kappa shape index (κ3) is 25.5. The van der Waals surface area contributed by atoms with Gasteiger partial charge >= 0.3 is 7.60 Å². The van der Waals surface area contributed by atoms with Gasteiger partial charge in [-0.25, -0.2) is 0 Å². The Morgan fingerprint density at radius 2 is 1.82 bits per heavy atom. The van der Waals surface area contributed by atoms with Crippen LogP contribution in [0, 0.1) is 6.92 Å². The lowest BCUT2D eigenvalue weighted by Crippen LogP contribution is -1.90. The van der Waals surface area contributed by atoms with Crippen LogP contribution >= 0.6 is 7.60 Å². The minimum Gasteiger partial charge on any atom is -0.396 e. The van der Waals surface area contributed by atoms with Crippen LogP contribution in [-0.2, 0) is 4.57 Å². The average Bonchev–Trinajstić information content (AvgIpc) is 1.84. The van der Waals surface area contributed by atoms with Crippen LogP contribution in [0.15, 0.2) is 0 Å². The molecular weight excluding hydrogens is 167 g/mol. The first-order chi connectivity index (χ1) is 4.97. The van der Waals surface area contributed by atoms with Crippen molar-refractivity contribution in [2.45, 2.75) is 19.8 Å². The summed E-state index contributed by atoms with van der Waals surface area (Å²) >= 11 is 0. The van der Waals surface area contributed by atoms with Crippen molar-refractivity contribution < 1.29 is 19.5 Å². The van der Waals surface area contributed by atoms with Crippen molar-refractivity contribution in [3.05, 3.63) is 6.92 Å². The predicted octanol–water partition coefficient (Wildman–Crippen LogP) is 0.777. The Morgan fingerprint density at radius 3 is 1.91 bits per heavy atom. The van der Waals surface area contributed by atoms with Crippen LogP contribution in [0.5, 0.6) is 0 Å². The van der Waals surface area contributed by atoms with E-state index in [0.717, 1.165) is 6.42 Å². The van der Waals surface area contributed by atoms with Crippen molar-refractivity contribution in [1.29, 1.82) is 0 Å². The first kappa shape index (κ1) is 13.7. The van der Waals surface area contributed by atoms with E-state index in [1.54, 1.807) is 0 Å². The molecule has 0 heterocycles. The molecule has 0 saturated carbocycles. The molecule has 4 nitrogen and oxygen atoms in total. The van der Waals surface area contributed by atoms with E-state index in [0.29, 0.717) is 0 Å². The van der Waals surface area contributed by atoms with E-state index in [1.165, 1.54) is 0 Å². The van der Waals surface area contributed by atoms with E-state index in [2.05, 4.69) is 6.92 Å². The Morgan fingerprint density at radius 1 is 1.45 bits per heavy atom. The predicted molar refractivity (Wildman–Crippen MR) is 44.3 cm³/mol. The van der Waals surface area contributed by atoms with E-state index < -0.39 is 7.60 Å². The highest BCUT2D eigenvalue weighted by molar-refractivity contribution is 7.51. The summed E-state index contributed by atoms with van der Waals surface area (Å²) in [5, 5.41) is 8.09. The molecule has 0 saturated heterocycles. The Kier molecular flexibility index (Phi) is 10.2. The van der Waals surface area contributed by atoms with Gasteiger partial charge in [0.15, 0.2) is 0 Å². The maximum Gasteiger partial charge on any atom is 0.325 e. The van der Waals surface area contributed by atoms with Crippen molar-refractivity contribution >= 4 is 7.60 Å². The summed E-state index contributed by atoms with van der Waals surface area (Å²) in [5.41, 5.74) is 0. The zero-order valence-electron chi connectivity index (χ0n) is 6.73. The van der Waals surface area contributed by atoms with E-state index in [1.807, 2.05) is 6.92 Å².